The summed E-state index contributed by atoms with van der Waals surface area (Å²) in [7, 11) is 1.62. The topological polar surface area (TPSA) is 12.5 Å². The molecule has 0 bridgehead atoms. The van der Waals surface area contributed by atoms with Gasteiger partial charge in [-0.25, -0.2) is 0 Å². The summed E-state index contributed by atoms with van der Waals surface area (Å²) in [5.41, 5.74) is -0.665. The van der Waals surface area contributed by atoms with Crippen LogP contribution in [0.1, 0.15) is 13.8 Å². The molecule has 0 saturated carbocycles. The van der Waals surface area contributed by atoms with Crippen molar-refractivity contribution in [2.24, 2.45) is 0 Å². The predicted octanol–water partition coefficient (Wildman–Crippen LogP) is 2.29. The zero-order chi connectivity index (χ0) is 12.1. The molecule has 0 aromatic rings. The number of nitrogens with zero attached hydrogens (tertiary/aromatic N) is 1. The van der Waals surface area contributed by atoms with E-state index in [4.69, 9.17) is 4.74 Å². The minimum Gasteiger partial charge on any atom is -0.445 e. The molecule has 0 unspecified atom stereocenters. The Morgan fingerprint density at radius 2 is 1.93 bits per heavy atom. The van der Waals surface area contributed by atoms with Crippen molar-refractivity contribution in [2.45, 2.75) is 20.0 Å². The van der Waals surface area contributed by atoms with E-state index in [1.807, 2.05) is 13.8 Å². The van der Waals surface area contributed by atoms with Gasteiger partial charge in [-0.3, -0.25) is 0 Å². The Kier molecular flexibility index (Phi) is 5.98. The van der Waals surface area contributed by atoms with Crippen LogP contribution in [0.3, 0.4) is 0 Å². The molecule has 0 amide bonds. The lowest BCUT2D eigenvalue weighted by Gasteiger charge is -2.24. The summed E-state index contributed by atoms with van der Waals surface area (Å²) in [5.74, 6) is 0. The van der Waals surface area contributed by atoms with Gasteiger partial charge in [-0.05, 0) is 27.4 Å². The van der Waals surface area contributed by atoms with Gasteiger partial charge >= 0.3 is 6.98 Å². The number of likely N-dealkylation sites (N-methyl/N-ethyl adjacent to an activating group) is 1. The molecule has 0 atom stereocenters. The number of ether oxygens (including phenoxy) is 1. The zero-order valence-corrected chi connectivity index (χ0v) is 9.47. The van der Waals surface area contributed by atoms with Gasteiger partial charge in [-0.1, -0.05) is 0 Å². The number of hydrogen-bond acceptors (Lipinski definition) is 2. The summed E-state index contributed by atoms with van der Waals surface area (Å²) >= 11 is 0. The Morgan fingerprint density at radius 1 is 1.40 bits per heavy atom. The molecular formula is C9H18BF3NO-. The third-order valence-electron chi connectivity index (χ3n) is 1.86. The molecule has 15 heavy (non-hydrogen) atoms. The molecule has 90 valence electrons. The second-order valence-electron chi connectivity index (χ2n) is 3.89. The Morgan fingerprint density at radius 3 is 2.33 bits per heavy atom. The van der Waals surface area contributed by atoms with E-state index in [0.717, 1.165) is 0 Å². The van der Waals surface area contributed by atoms with Crippen LogP contribution in [0.5, 0.6) is 0 Å². The highest BCUT2D eigenvalue weighted by atomic mass is 19.4. The van der Waals surface area contributed by atoms with Gasteiger partial charge in [-0.15, -0.1) is 12.1 Å². The quantitative estimate of drug-likeness (QED) is 0.615. The number of halogens is 3. The van der Waals surface area contributed by atoms with Crippen molar-refractivity contribution >= 4 is 6.98 Å². The molecular weight excluding hydrogens is 206 g/mol. The van der Waals surface area contributed by atoms with Gasteiger partial charge in [0.15, 0.2) is 0 Å². The molecule has 0 heterocycles. The van der Waals surface area contributed by atoms with Crippen LogP contribution in [0.25, 0.3) is 0 Å². The van der Waals surface area contributed by atoms with Crippen molar-refractivity contribution in [3.63, 3.8) is 0 Å². The van der Waals surface area contributed by atoms with Crippen LogP contribution in [-0.4, -0.2) is 44.7 Å². The van der Waals surface area contributed by atoms with Crippen LogP contribution in [-0.2, 0) is 4.74 Å². The van der Waals surface area contributed by atoms with Crippen molar-refractivity contribution in [1.82, 2.24) is 4.90 Å². The molecule has 0 fully saturated rings. The molecule has 6 heteroatoms. The van der Waals surface area contributed by atoms with Crippen LogP contribution in [0, 0.1) is 0 Å². The molecule has 0 aliphatic heterocycles. The summed E-state index contributed by atoms with van der Waals surface area (Å²) < 4.78 is 41.7. The monoisotopic (exact) mass is 224 g/mol. The fourth-order valence-electron chi connectivity index (χ4n) is 0.974. The van der Waals surface area contributed by atoms with E-state index in [9.17, 15) is 12.9 Å². The highest BCUT2D eigenvalue weighted by molar-refractivity contribution is 6.66. The third kappa shape index (κ3) is 7.44. The second kappa shape index (κ2) is 6.17. The summed E-state index contributed by atoms with van der Waals surface area (Å²) in [6.45, 7) is 2.66. The average Bonchev–Trinajstić information content (AvgIpc) is 2.01. The van der Waals surface area contributed by atoms with E-state index in [-0.39, 0.29) is 12.6 Å². The van der Waals surface area contributed by atoms with Crippen LogP contribution in [0.2, 0.25) is 0 Å². The van der Waals surface area contributed by atoms with Crippen molar-refractivity contribution < 1.29 is 17.7 Å². The zero-order valence-electron chi connectivity index (χ0n) is 9.47. The Bertz CT molecular complexity index is 206. The summed E-state index contributed by atoms with van der Waals surface area (Å²) in [6.07, 6.45) is 0.105. The fraction of sp³-hybridized carbons (Fsp3) is 0.778. The molecule has 0 N–H and O–H groups in total. The van der Waals surface area contributed by atoms with Gasteiger partial charge < -0.3 is 22.6 Å². The van der Waals surface area contributed by atoms with Gasteiger partial charge in [-0.2, -0.15) is 0 Å². The minimum absolute atomic E-state index is 0.105. The molecule has 2 nitrogen and oxygen atoms in total. The largest absolute Gasteiger partial charge is 0.506 e. The Labute approximate surface area is 89.1 Å². The number of rotatable bonds is 7. The molecule has 0 radical (unpaired) electrons. The van der Waals surface area contributed by atoms with Crippen LogP contribution in [0.15, 0.2) is 12.1 Å². The maximum Gasteiger partial charge on any atom is 0.506 e. The second-order valence-corrected chi connectivity index (χ2v) is 3.89. The maximum atomic E-state index is 12.2. The van der Waals surface area contributed by atoms with E-state index < -0.39 is 12.4 Å². The fourth-order valence-corrected chi connectivity index (χ4v) is 0.974. The minimum atomic E-state index is -4.91. The molecule has 0 saturated heterocycles. The summed E-state index contributed by atoms with van der Waals surface area (Å²) in [6, 6.07) is 0. The standard InChI is InChI=1S/C9H18BF3NO/c1-8(2)15-6-5-14(4)7-9(3)10(11,12)13/h8H,3,5-7H2,1-2,4H3/q-1. The van der Waals surface area contributed by atoms with E-state index in [2.05, 4.69) is 6.58 Å². The normalized spacial score (nSPS) is 12.5. The highest BCUT2D eigenvalue weighted by Crippen LogP contribution is 2.18. The van der Waals surface area contributed by atoms with E-state index in [1.165, 1.54) is 0 Å². The molecule has 0 aliphatic rings. The van der Waals surface area contributed by atoms with E-state index >= 15 is 0 Å². The Balaban J connectivity index is 3.75. The smallest absolute Gasteiger partial charge is 0.445 e. The average molecular weight is 224 g/mol. The first-order valence-corrected chi connectivity index (χ1v) is 4.91. The Hall–Kier alpha value is -0.485. The lowest BCUT2D eigenvalue weighted by Crippen LogP contribution is -2.32. The number of hydrogen-bond donors (Lipinski definition) is 0. The third-order valence-corrected chi connectivity index (χ3v) is 1.86. The molecule has 0 aromatic carbocycles. The van der Waals surface area contributed by atoms with Crippen molar-refractivity contribution in [3.8, 4) is 0 Å². The van der Waals surface area contributed by atoms with Crippen molar-refractivity contribution in [1.29, 1.82) is 0 Å². The lowest BCUT2D eigenvalue weighted by atomic mass is 9.80. The van der Waals surface area contributed by atoms with E-state index in [0.29, 0.717) is 13.2 Å². The maximum absolute atomic E-state index is 12.2. The summed E-state index contributed by atoms with van der Waals surface area (Å²) in [4.78, 5) is 1.56. The SMILES string of the molecule is C=C(CN(C)CCOC(C)C)[B-](F)(F)F. The summed E-state index contributed by atoms with van der Waals surface area (Å²) in [5, 5.41) is 0. The predicted molar refractivity (Wildman–Crippen MR) is 56.8 cm³/mol. The molecule has 0 rings (SSSR count). The first-order valence-electron chi connectivity index (χ1n) is 4.91. The first-order chi connectivity index (χ1) is 6.73. The first kappa shape index (κ1) is 14.5. The van der Waals surface area contributed by atoms with Gasteiger partial charge in [0.2, 0.25) is 0 Å². The van der Waals surface area contributed by atoms with Crippen LogP contribution >= 0.6 is 0 Å². The van der Waals surface area contributed by atoms with Gasteiger partial charge in [0.25, 0.3) is 0 Å². The molecule has 0 spiro atoms. The van der Waals surface area contributed by atoms with Gasteiger partial charge in [0.1, 0.15) is 0 Å². The van der Waals surface area contributed by atoms with Crippen molar-refractivity contribution in [2.75, 3.05) is 26.7 Å². The van der Waals surface area contributed by atoms with Crippen LogP contribution < -0.4 is 0 Å². The van der Waals surface area contributed by atoms with Gasteiger partial charge in [0.05, 0.1) is 12.7 Å². The molecule has 0 aliphatic carbocycles. The highest BCUT2D eigenvalue weighted by Gasteiger charge is 2.26. The lowest BCUT2D eigenvalue weighted by molar-refractivity contribution is 0.0654. The van der Waals surface area contributed by atoms with Crippen LogP contribution in [0.4, 0.5) is 12.9 Å². The van der Waals surface area contributed by atoms with E-state index in [1.54, 1.807) is 11.9 Å². The van der Waals surface area contributed by atoms with Crippen molar-refractivity contribution in [3.05, 3.63) is 12.1 Å². The molecule has 0 aromatic heterocycles. The van der Waals surface area contributed by atoms with Gasteiger partial charge in [0, 0.05) is 6.54 Å².